The van der Waals surface area contributed by atoms with E-state index in [1.807, 2.05) is 20.8 Å². The van der Waals surface area contributed by atoms with Crippen LogP contribution in [0, 0.1) is 0 Å². The number of nitrogens with zero attached hydrogens (tertiary/aromatic N) is 1. The summed E-state index contributed by atoms with van der Waals surface area (Å²) in [6.07, 6.45) is 7.75. The van der Waals surface area contributed by atoms with Crippen LogP contribution < -0.4 is 0 Å². The highest BCUT2D eigenvalue weighted by Crippen LogP contribution is 2.53. The van der Waals surface area contributed by atoms with Gasteiger partial charge in [-0.05, 0) is 44.8 Å². The summed E-state index contributed by atoms with van der Waals surface area (Å²) >= 11 is 0. The van der Waals surface area contributed by atoms with Gasteiger partial charge in [0, 0.05) is 0 Å². The summed E-state index contributed by atoms with van der Waals surface area (Å²) in [4.78, 5) is 0. The molecule has 1 nitrogen and oxygen atoms in total. The molecule has 0 bridgehead atoms. The zero-order valence-corrected chi connectivity index (χ0v) is 13.8. The van der Waals surface area contributed by atoms with Crippen LogP contribution in [0.1, 0.15) is 59.3 Å². The van der Waals surface area contributed by atoms with Crippen molar-refractivity contribution in [1.29, 1.82) is 0 Å². The number of hydrogen-bond acceptors (Lipinski definition) is 1. The molecule has 0 fully saturated rings. The molecule has 0 saturated heterocycles. The lowest BCUT2D eigenvalue weighted by atomic mass is 10.4. The quantitative estimate of drug-likeness (QED) is 0.269. The lowest BCUT2D eigenvalue weighted by Crippen LogP contribution is -2.14. The Hall–Kier alpha value is 0.237. The van der Waals surface area contributed by atoms with Gasteiger partial charge < -0.3 is 0 Å². The van der Waals surface area contributed by atoms with E-state index in [1.54, 1.807) is 0 Å². The molecule has 0 aliphatic carbocycles. The molecule has 110 valence electrons. The lowest BCUT2D eigenvalue weighted by molar-refractivity contribution is 0.477. The van der Waals surface area contributed by atoms with Crippen LogP contribution in [-0.2, 0) is 0 Å². The molecular weight excluding hydrogens is 274 g/mol. The average Bonchev–Trinajstić information content (AvgIpc) is 2.29. The molecule has 0 aliphatic heterocycles. The number of unbranched alkanes of at least 4 members (excludes halogenated alkanes) is 3. The largest absolute Gasteiger partial charge is 0.772 e. The third kappa shape index (κ3) is 8.36. The maximum Gasteiger partial charge on any atom is 0.772 e. The molecule has 0 radical (unpaired) electrons. The van der Waals surface area contributed by atoms with Crippen molar-refractivity contribution >= 4 is 16.3 Å². The first-order chi connectivity index (χ1) is 8.39. The second-order valence-corrected chi connectivity index (χ2v) is 10.2. The summed E-state index contributed by atoms with van der Waals surface area (Å²) < 4.78 is 42.0. The van der Waals surface area contributed by atoms with E-state index in [1.165, 1.54) is 0 Å². The van der Waals surface area contributed by atoms with E-state index in [2.05, 4.69) is 4.41 Å². The van der Waals surface area contributed by atoms with Crippen molar-refractivity contribution < 1.29 is 12.3 Å². The Labute approximate surface area is 111 Å². The fourth-order valence-electron chi connectivity index (χ4n) is 2.08. The molecule has 0 amide bonds. The molecule has 0 saturated carbocycles. The minimum absolute atomic E-state index is 0.718. The molecule has 0 aromatic rings. The fraction of sp³-hybridized carbons (Fsp3) is 1.00. The average molecular weight is 301 g/mol. The Morgan fingerprint density at radius 1 is 0.778 bits per heavy atom. The molecule has 0 heterocycles. The summed E-state index contributed by atoms with van der Waals surface area (Å²) in [5.41, 5.74) is 0. The van der Waals surface area contributed by atoms with E-state index in [9.17, 15) is 12.3 Å². The summed E-state index contributed by atoms with van der Waals surface area (Å²) in [6, 6.07) is 0. The van der Waals surface area contributed by atoms with Gasteiger partial charge >= 0.3 is 9.24 Å². The van der Waals surface area contributed by atoms with Crippen LogP contribution in [0.3, 0.4) is 0 Å². The maximum absolute atomic E-state index is 12.8. The zero-order valence-electron chi connectivity index (χ0n) is 11.9. The Bertz CT molecular complexity index is 238. The van der Waals surface area contributed by atoms with E-state index in [-0.39, 0.29) is 0 Å². The highest BCUT2D eigenvalue weighted by molar-refractivity contribution is 7.67. The molecule has 0 aromatic carbocycles. The van der Waals surface area contributed by atoms with Gasteiger partial charge in [0.1, 0.15) is 0 Å². The summed E-state index contributed by atoms with van der Waals surface area (Å²) in [5, 5.41) is 0. The van der Waals surface area contributed by atoms with Crippen LogP contribution >= 0.6 is 7.05 Å². The van der Waals surface area contributed by atoms with Crippen LogP contribution in [0.25, 0.3) is 0 Å². The third-order valence-electron chi connectivity index (χ3n) is 3.11. The second-order valence-electron chi connectivity index (χ2n) is 4.89. The van der Waals surface area contributed by atoms with Gasteiger partial charge in [0.15, 0.2) is 0 Å². The monoisotopic (exact) mass is 301 g/mol. The first-order valence-electron chi connectivity index (χ1n) is 7.06. The minimum atomic E-state index is -5.77. The van der Waals surface area contributed by atoms with Crippen LogP contribution in [0.15, 0.2) is 4.41 Å². The summed E-state index contributed by atoms with van der Waals surface area (Å²) in [6.45, 7) is 6.12. The van der Waals surface area contributed by atoms with Crippen LogP contribution in [-0.4, -0.2) is 27.7 Å². The van der Waals surface area contributed by atoms with Gasteiger partial charge in [-0.2, -0.15) is 0 Å². The smallest absolute Gasteiger partial charge is 0.249 e. The van der Waals surface area contributed by atoms with E-state index in [0.29, 0.717) is 0 Å². The molecule has 0 unspecified atom stereocenters. The molecule has 0 spiro atoms. The second kappa shape index (κ2) is 9.19. The molecule has 0 aromatic heterocycles. The highest BCUT2D eigenvalue weighted by atomic mass is 31.2. The molecule has 0 rings (SSSR count). The number of halogens is 3. The van der Waals surface area contributed by atoms with Crippen molar-refractivity contribution in [3.63, 3.8) is 0 Å². The van der Waals surface area contributed by atoms with E-state index in [4.69, 9.17) is 0 Å². The first kappa shape index (κ1) is 18.2. The normalized spacial score (nSPS) is 12.8. The molecule has 18 heavy (non-hydrogen) atoms. The van der Waals surface area contributed by atoms with Gasteiger partial charge in [0.05, 0.1) is 0 Å². The van der Waals surface area contributed by atoms with Gasteiger partial charge in [-0.3, -0.25) is 0 Å². The Kier molecular flexibility index (Phi) is 9.31. The predicted octanol–water partition coefficient (Wildman–Crippen LogP) is 5.93. The minimum Gasteiger partial charge on any atom is -0.249 e. The van der Waals surface area contributed by atoms with Crippen molar-refractivity contribution in [3.05, 3.63) is 0 Å². The first-order valence-corrected chi connectivity index (χ1v) is 10.9. The Balaban J connectivity index is 5.04. The SMILES string of the molecule is CCCCP(CCCC)(CCCC)=N[Si](F)(F)F. The predicted molar refractivity (Wildman–Crippen MR) is 77.8 cm³/mol. The number of rotatable bonds is 10. The summed E-state index contributed by atoms with van der Waals surface area (Å²) in [7, 11) is -7.87. The van der Waals surface area contributed by atoms with Gasteiger partial charge in [-0.1, -0.05) is 40.0 Å². The number of hydrogen-bond donors (Lipinski definition) is 0. The van der Waals surface area contributed by atoms with Crippen molar-refractivity contribution in [2.24, 2.45) is 4.41 Å². The van der Waals surface area contributed by atoms with E-state index < -0.39 is 16.3 Å². The molecule has 0 N–H and O–H groups in total. The molecular formula is C12H27F3NPSi. The van der Waals surface area contributed by atoms with Gasteiger partial charge in [-0.25, -0.2) is 16.7 Å². The van der Waals surface area contributed by atoms with Crippen molar-refractivity contribution in [2.75, 3.05) is 18.5 Å². The molecule has 0 atom stereocenters. The molecule has 6 heteroatoms. The Morgan fingerprint density at radius 3 is 1.33 bits per heavy atom. The lowest BCUT2D eigenvalue weighted by Gasteiger charge is -2.25. The van der Waals surface area contributed by atoms with Crippen molar-refractivity contribution in [1.82, 2.24) is 0 Å². The fourth-order valence-corrected chi connectivity index (χ4v) is 8.59. The zero-order chi connectivity index (χ0) is 14.1. The highest BCUT2D eigenvalue weighted by Gasteiger charge is 2.41. The Morgan fingerprint density at radius 2 is 1.11 bits per heavy atom. The van der Waals surface area contributed by atoms with E-state index in [0.717, 1.165) is 57.0 Å². The van der Waals surface area contributed by atoms with Gasteiger partial charge in [0.25, 0.3) is 0 Å². The summed E-state index contributed by atoms with van der Waals surface area (Å²) in [5.74, 6) is 0. The van der Waals surface area contributed by atoms with Crippen LogP contribution in [0.5, 0.6) is 0 Å². The van der Waals surface area contributed by atoms with Crippen molar-refractivity contribution in [3.8, 4) is 0 Å². The molecule has 0 aliphatic rings. The van der Waals surface area contributed by atoms with Crippen LogP contribution in [0.4, 0.5) is 12.3 Å². The maximum atomic E-state index is 12.8. The third-order valence-corrected chi connectivity index (χ3v) is 9.16. The van der Waals surface area contributed by atoms with E-state index >= 15 is 0 Å². The van der Waals surface area contributed by atoms with Crippen LogP contribution in [0.2, 0.25) is 0 Å². The van der Waals surface area contributed by atoms with Gasteiger partial charge in [-0.15, -0.1) is 0 Å². The van der Waals surface area contributed by atoms with Crippen molar-refractivity contribution in [2.45, 2.75) is 59.3 Å². The topological polar surface area (TPSA) is 12.4 Å². The standard InChI is InChI=1S/C12H27F3NPSi/c1-4-7-10-17(11-8-5-2,12-9-6-3)16-18(13,14)15/h4-12H2,1-3H3. The van der Waals surface area contributed by atoms with Gasteiger partial charge in [0.2, 0.25) is 0 Å².